The van der Waals surface area contributed by atoms with Gasteiger partial charge in [-0.25, -0.2) is 4.98 Å². The van der Waals surface area contributed by atoms with E-state index in [1.807, 2.05) is 0 Å². The van der Waals surface area contributed by atoms with Crippen LogP contribution in [-0.2, 0) is 0 Å². The van der Waals surface area contributed by atoms with Crippen LogP contribution >= 0.6 is 15.9 Å². The molecule has 0 aliphatic carbocycles. The predicted octanol–water partition coefficient (Wildman–Crippen LogP) is 1.33. The molecule has 0 bridgehead atoms. The molecule has 3 heterocycles. The van der Waals surface area contributed by atoms with Gasteiger partial charge in [-0.15, -0.1) is 0 Å². The minimum atomic E-state index is -0.169. The number of pyridine rings is 1. The van der Waals surface area contributed by atoms with E-state index >= 15 is 0 Å². The van der Waals surface area contributed by atoms with Crippen molar-refractivity contribution in [3.05, 3.63) is 39.4 Å². The molecule has 0 aliphatic rings. The number of aromatic nitrogens is 4. The molecule has 0 radical (unpaired) electrons. The van der Waals surface area contributed by atoms with Gasteiger partial charge >= 0.3 is 0 Å². The lowest BCUT2D eigenvalue weighted by Crippen LogP contribution is -2.15. The van der Waals surface area contributed by atoms with E-state index < -0.39 is 0 Å². The second kappa shape index (κ2) is 2.90. The number of fused-ring (bicyclic) bond motifs is 2. The third kappa shape index (κ3) is 1.18. The summed E-state index contributed by atoms with van der Waals surface area (Å²) >= 11 is 3.22. The summed E-state index contributed by atoms with van der Waals surface area (Å²) in [5.41, 5.74) is 1.03. The molecule has 3 rings (SSSR count). The maximum atomic E-state index is 11.9. The quantitative estimate of drug-likeness (QED) is 0.667. The Morgan fingerprint density at radius 1 is 1.47 bits per heavy atom. The molecule has 15 heavy (non-hydrogen) atoms. The van der Waals surface area contributed by atoms with Gasteiger partial charge in [0, 0.05) is 12.3 Å². The van der Waals surface area contributed by atoms with Gasteiger partial charge in [0.05, 0.1) is 5.39 Å². The number of aromatic amines is 1. The maximum Gasteiger partial charge on any atom is 0.283 e. The van der Waals surface area contributed by atoms with Crippen molar-refractivity contribution in [1.82, 2.24) is 19.6 Å². The lowest BCUT2D eigenvalue weighted by Gasteiger charge is -1.97. The minimum absolute atomic E-state index is 0.169. The van der Waals surface area contributed by atoms with Crippen molar-refractivity contribution in [2.24, 2.45) is 0 Å². The fourth-order valence-electron chi connectivity index (χ4n) is 1.51. The molecule has 0 unspecified atom stereocenters. The molecule has 0 saturated carbocycles. The van der Waals surface area contributed by atoms with Crippen LogP contribution in [0.1, 0.15) is 0 Å². The summed E-state index contributed by atoms with van der Waals surface area (Å²) in [5, 5.41) is 4.55. The molecule has 0 aliphatic heterocycles. The first kappa shape index (κ1) is 8.60. The summed E-state index contributed by atoms with van der Waals surface area (Å²) in [6, 6.07) is 5.17. The van der Waals surface area contributed by atoms with Gasteiger partial charge in [0.15, 0.2) is 0 Å². The Bertz CT molecular complexity index is 715. The van der Waals surface area contributed by atoms with Gasteiger partial charge in [-0.2, -0.15) is 9.61 Å². The van der Waals surface area contributed by atoms with Gasteiger partial charge in [-0.3, -0.25) is 4.79 Å². The van der Waals surface area contributed by atoms with E-state index in [0.717, 1.165) is 0 Å². The van der Waals surface area contributed by atoms with E-state index in [-0.39, 0.29) is 5.56 Å². The molecule has 1 N–H and O–H groups in total. The average Bonchev–Trinajstić information content (AvgIpc) is 2.59. The Morgan fingerprint density at radius 3 is 3.20 bits per heavy atom. The molecule has 0 amide bonds. The van der Waals surface area contributed by atoms with E-state index in [1.165, 1.54) is 4.52 Å². The molecule has 3 aromatic rings. The average molecular weight is 265 g/mol. The van der Waals surface area contributed by atoms with Crippen molar-refractivity contribution >= 4 is 32.6 Å². The van der Waals surface area contributed by atoms with Gasteiger partial charge in [0.2, 0.25) is 0 Å². The topological polar surface area (TPSA) is 63.0 Å². The Kier molecular flexibility index (Phi) is 1.66. The molecule has 74 valence electrons. The Hall–Kier alpha value is -1.69. The monoisotopic (exact) mass is 264 g/mol. The SMILES string of the molecule is O=c1c2cccnc2[nH]c2cc(Br)nn12. The Labute approximate surface area is 91.9 Å². The second-order valence-electron chi connectivity index (χ2n) is 3.09. The third-order valence-electron chi connectivity index (χ3n) is 2.16. The zero-order valence-corrected chi connectivity index (χ0v) is 9.02. The largest absolute Gasteiger partial charge is 0.324 e. The maximum absolute atomic E-state index is 11.9. The zero-order chi connectivity index (χ0) is 10.4. The molecular formula is C9H5BrN4O. The van der Waals surface area contributed by atoms with Crippen LogP contribution in [0.3, 0.4) is 0 Å². The van der Waals surface area contributed by atoms with Gasteiger partial charge in [-0.1, -0.05) is 0 Å². The lowest BCUT2D eigenvalue weighted by molar-refractivity contribution is 0.902. The first-order valence-corrected chi connectivity index (χ1v) is 5.07. The van der Waals surface area contributed by atoms with Crippen LogP contribution in [0.2, 0.25) is 0 Å². The number of rotatable bonds is 0. The highest BCUT2D eigenvalue weighted by atomic mass is 79.9. The van der Waals surface area contributed by atoms with Crippen molar-refractivity contribution < 1.29 is 0 Å². The van der Waals surface area contributed by atoms with Crippen LogP contribution < -0.4 is 5.56 Å². The van der Waals surface area contributed by atoms with Crippen molar-refractivity contribution in [3.63, 3.8) is 0 Å². The smallest absolute Gasteiger partial charge is 0.283 e. The molecule has 6 heteroatoms. The van der Waals surface area contributed by atoms with E-state index in [0.29, 0.717) is 21.3 Å². The van der Waals surface area contributed by atoms with Gasteiger partial charge < -0.3 is 4.98 Å². The third-order valence-corrected chi connectivity index (χ3v) is 2.54. The van der Waals surface area contributed by atoms with Crippen molar-refractivity contribution in [2.75, 3.05) is 0 Å². The molecule has 5 nitrogen and oxygen atoms in total. The van der Waals surface area contributed by atoms with Crippen LogP contribution in [0.25, 0.3) is 16.7 Å². The molecule has 0 saturated heterocycles. The zero-order valence-electron chi connectivity index (χ0n) is 7.44. The van der Waals surface area contributed by atoms with Crippen LogP contribution in [0, 0.1) is 0 Å². The number of hydrogen-bond donors (Lipinski definition) is 1. The standard InChI is InChI=1S/C9H5BrN4O/c10-6-4-7-12-8-5(2-1-3-11-8)9(15)14(7)13-6/h1-4H,(H,11,12). The van der Waals surface area contributed by atoms with E-state index in [1.54, 1.807) is 24.4 Å². The van der Waals surface area contributed by atoms with Crippen LogP contribution in [0.15, 0.2) is 33.8 Å². The van der Waals surface area contributed by atoms with E-state index in [4.69, 9.17) is 0 Å². The highest BCUT2D eigenvalue weighted by Gasteiger charge is 2.07. The predicted molar refractivity (Wildman–Crippen MR) is 58.8 cm³/mol. The van der Waals surface area contributed by atoms with Crippen LogP contribution in [0.5, 0.6) is 0 Å². The number of hydrogen-bond acceptors (Lipinski definition) is 3. The fourth-order valence-corrected chi connectivity index (χ4v) is 1.88. The van der Waals surface area contributed by atoms with Crippen molar-refractivity contribution in [2.45, 2.75) is 0 Å². The number of nitrogens with one attached hydrogen (secondary N) is 1. The lowest BCUT2D eigenvalue weighted by atomic mass is 10.3. The molecule has 0 atom stereocenters. The first-order chi connectivity index (χ1) is 7.25. The fraction of sp³-hybridized carbons (Fsp3) is 0. The highest BCUT2D eigenvalue weighted by Crippen LogP contribution is 2.10. The second-order valence-corrected chi connectivity index (χ2v) is 3.91. The van der Waals surface area contributed by atoms with Crippen molar-refractivity contribution in [3.8, 4) is 0 Å². The molecular weight excluding hydrogens is 260 g/mol. The minimum Gasteiger partial charge on any atom is -0.324 e. The number of halogens is 1. The Balaban J connectivity index is 2.65. The van der Waals surface area contributed by atoms with Crippen LogP contribution in [0.4, 0.5) is 0 Å². The summed E-state index contributed by atoms with van der Waals surface area (Å²) in [6.45, 7) is 0. The summed E-state index contributed by atoms with van der Waals surface area (Å²) in [6.07, 6.45) is 1.64. The molecule has 0 fully saturated rings. The normalized spacial score (nSPS) is 11.3. The van der Waals surface area contributed by atoms with Gasteiger partial charge in [0.25, 0.3) is 5.56 Å². The highest BCUT2D eigenvalue weighted by molar-refractivity contribution is 9.10. The Morgan fingerprint density at radius 2 is 2.33 bits per heavy atom. The van der Waals surface area contributed by atoms with E-state index in [9.17, 15) is 4.79 Å². The number of H-pyrrole nitrogens is 1. The van der Waals surface area contributed by atoms with E-state index in [2.05, 4.69) is 31.0 Å². The summed E-state index contributed by atoms with van der Waals surface area (Å²) in [5.74, 6) is 0. The first-order valence-electron chi connectivity index (χ1n) is 4.28. The van der Waals surface area contributed by atoms with Crippen LogP contribution in [-0.4, -0.2) is 19.6 Å². The molecule has 0 spiro atoms. The van der Waals surface area contributed by atoms with Gasteiger partial charge in [0.1, 0.15) is 15.9 Å². The molecule has 3 aromatic heterocycles. The van der Waals surface area contributed by atoms with Crippen molar-refractivity contribution in [1.29, 1.82) is 0 Å². The van der Waals surface area contributed by atoms with Gasteiger partial charge in [-0.05, 0) is 28.1 Å². The summed E-state index contributed by atoms with van der Waals surface area (Å²) < 4.78 is 1.93. The number of nitrogens with zero attached hydrogens (tertiary/aromatic N) is 3. The summed E-state index contributed by atoms with van der Waals surface area (Å²) in [4.78, 5) is 19.0. The summed E-state index contributed by atoms with van der Waals surface area (Å²) in [7, 11) is 0. The molecule has 0 aromatic carbocycles.